The molecular weight excluding hydrogens is 484 g/mol. The van der Waals surface area contributed by atoms with Crippen LogP contribution in [0.25, 0.3) is 22.0 Å². The summed E-state index contributed by atoms with van der Waals surface area (Å²) in [4.78, 5) is 0.222. The van der Waals surface area contributed by atoms with Gasteiger partial charge in [0.25, 0.3) is 0 Å². The molecule has 2 heterocycles. The number of rotatable bonds is 7. The fourth-order valence-electron chi connectivity index (χ4n) is 4.24. The average Bonchev–Trinajstić information content (AvgIpc) is 3.37. The van der Waals surface area contributed by atoms with E-state index in [1.165, 1.54) is 0 Å². The third-order valence-corrected chi connectivity index (χ3v) is 7.85. The Morgan fingerprint density at radius 3 is 2.63 bits per heavy atom. The third-order valence-electron chi connectivity index (χ3n) is 6.05. The van der Waals surface area contributed by atoms with Gasteiger partial charge in [-0.3, -0.25) is 0 Å². The molecule has 0 spiro atoms. The Kier molecular flexibility index (Phi) is 6.71. The largest absolute Gasteiger partial charge is 0.377 e. The minimum absolute atomic E-state index is 0.0809. The molecule has 0 saturated carbocycles. The maximum atomic E-state index is 13.1. The van der Waals surface area contributed by atoms with Crippen LogP contribution < -0.4 is 10.0 Å². The molecule has 0 unspecified atom stereocenters. The van der Waals surface area contributed by atoms with E-state index in [0.29, 0.717) is 34.3 Å². The first-order valence-electron chi connectivity index (χ1n) is 11.4. The van der Waals surface area contributed by atoms with Gasteiger partial charge in [-0.1, -0.05) is 54.1 Å². The summed E-state index contributed by atoms with van der Waals surface area (Å²) >= 11 is 6.12. The molecule has 1 saturated heterocycles. The number of anilines is 2. The predicted molar refractivity (Wildman–Crippen MR) is 139 cm³/mol. The molecule has 7 nitrogen and oxygen atoms in total. The zero-order valence-corrected chi connectivity index (χ0v) is 20.7. The number of halogens is 1. The number of ether oxygens (including phenoxy) is 1. The van der Waals surface area contributed by atoms with E-state index in [-0.39, 0.29) is 17.5 Å². The molecule has 0 bridgehead atoms. The van der Waals surface area contributed by atoms with Gasteiger partial charge in [0, 0.05) is 40.2 Å². The number of aryl methyl sites for hydroxylation is 1. The van der Waals surface area contributed by atoms with Crippen LogP contribution >= 0.6 is 11.6 Å². The Labute approximate surface area is 209 Å². The number of nitrogens with one attached hydrogen (secondary N) is 2. The van der Waals surface area contributed by atoms with E-state index in [9.17, 15) is 8.42 Å². The summed E-state index contributed by atoms with van der Waals surface area (Å²) in [5, 5.41) is 14.5. The molecular formula is C26H25ClN4O3S. The lowest BCUT2D eigenvalue weighted by atomic mass is 10.0. The number of fused-ring (bicyclic) bond motifs is 1. The molecule has 180 valence electrons. The maximum Gasteiger partial charge on any atom is 0.240 e. The summed E-state index contributed by atoms with van der Waals surface area (Å²) in [6, 6.07) is 20.5. The number of hydrogen-bond acceptors (Lipinski definition) is 6. The van der Waals surface area contributed by atoms with Gasteiger partial charge in [0.2, 0.25) is 10.0 Å². The minimum atomic E-state index is -3.72. The van der Waals surface area contributed by atoms with E-state index in [1.807, 2.05) is 48.5 Å². The fraction of sp³-hybridized carbons (Fsp3) is 0.231. The van der Waals surface area contributed by atoms with Crippen molar-refractivity contribution >= 4 is 43.9 Å². The zero-order valence-electron chi connectivity index (χ0n) is 19.2. The number of benzene rings is 3. The minimum Gasteiger partial charge on any atom is -0.377 e. The number of sulfonamides is 1. The van der Waals surface area contributed by atoms with E-state index >= 15 is 0 Å². The maximum absolute atomic E-state index is 13.1. The smallest absolute Gasteiger partial charge is 0.240 e. The van der Waals surface area contributed by atoms with Crippen molar-refractivity contribution in [3.63, 3.8) is 0 Å². The highest BCUT2D eigenvalue weighted by Gasteiger charge is 2.23. The van der Waals surface area contributed by atoms with Gasteiger partial charge in [0.15, 0.2) is 5.82 Å². The lowest BCUT2D eigenvalue weighted by molar-refractivity contribution is 0.114. The van der Waals surface area contributed by atoms with Crippen molar-refractivity contribution in [1.82, 2.24) is 14.9 Å². The first kappa shape index (κ1) is 23.7. The molecule has 3 aromatic carbocycles. The SMILES string of the molecule is Cc1ccc(-c2nnc(Nc3cccc(Cl)c3)c3ccccc23)cc1S(=O)(=O)NC[C@H]1CCCO1. The molecule has 1 aromatic heterocycles. The van der Waals surface area contributed by atoms with Gasteiger partial charge in [0.1, 0.15) is 5.69 Å². The summed E-state index contributed by atoms with van der Waals surface area (Å²) in [5.74, 6) is 0.588. The quantitative estimate of drug-likeness (QED) is 0.344. The molecule has 5 rings (SSSR count). The Hall–Kier alpha value is -3.04. The molecule has 1 fully saturated rings. The van der Waals surface area contributed by atoms with Crippen molar-refractivity contribution in [3.8, 4) is 11.3 Å². The Balaban J connectivity index is 1.51. The first-order chi connectivity index (χ1) is 16.9. The number of hydrogen-bond donors (Lipinski definition) is 2. The average molecular weight is 509 g/mol. The summed E-state index contributed by atoms with van der Waals surface area (Å²) in [6.07, 6.45) is 1.73. The molecule has 9 heteroatoms. The molecule has 1 aliphatic rings. The molecule has 0 aliphatic carbocycles. The monoisotopic (exact) mass is 508 g/mol. The lowest BCUT2D eigenvalue weighted by Gasteiger charge is -2.15. The Morgan fingerprint density at radius 1 is 1.03 bits per heavy atom. The Morgan fingerprint density at radius 2 is 1.86 bits per heavy atom. The van der Waals surface area contributed by atoms with Gasteiger partial charge in [-0.15, -0.1) is 10.2 Å². The first-order valence-corrected chi connectivity index (χ1v) is 13.3. The highest BCUT2D eigenvalue weighted by atomic mass is 35.5. The molecule has 1 atom stereocenters. The van der Waals surface area contributed by atoms with E-state index in [4.69, 9.17) is 16.3 Å². The van der Waals surface area contributed by atoms with Crippen LogP contribution in [0.4, 0.5) is 11.5 Å². The normalized spacial score (nSPS) is 16.0. The van der Waals surface area contributed by atoms with Crippen LogP contribution in [0.1, 0.15) is 18.4 Å². The van der Waals surface area contributed by atoms with Crippen LogP contribution in [0.15, 0.2) is 71.6 Å². The van der Waals surface area contributed by atoms with E-state index < -0.39 is 10.0 Å². The highest BCUT2D eigenvalue weighted by molar-refractivity contribution is 7.89. The summed E-state index contributed by atoms with van der Waals surface area (Å²) in [5.41, 5.74) is 2.73. The van der Waals surface area contributed by atoms with Crippen molar-refractivity contribution in [3.05, 3.63) is 77.3 Å². The second-order valence-electron chi connectivity index (χ2n) is 8.55. The van der Waals surface area contributed by atoms with Crippen molar-refractivity contribution < 1.29 is 13.2 Å². The van der Waals surface area contributed by atoms with E-state index in [0.717, 1.165) is 29.3 Å². The second kappa shape index (κ2) is 9.91. The summed E-state index contributed by atoms with van der Waals surface area (Å²) in [6.45, 7) is 2.72. The van der Waals surface area contributed by atoms with Gasteiger partial charge < -0.3 is 10.1 Å². The van der Waals surface area contributed by atoms with Crippen LogP contribution in [0.5, 0.6) is 0 Å². The standard InChI is InChI=1S/C26H25ClN4O3S/c1-17-11-12-18(14-24(17)35(32,33)28-16-21-8-5-13-34-21)25-22-9-2-3-10-23(22)26(31-30-25)29-20-7-4-6-19(27)15-20/h2-4,6-7,9-12,14-15,21,28H,5,8,13,16H2,1H3,(H,29,31)/t21-/m1/s1. The highest BCUT2D eigenvalue weighted by Crippen LogP contribution is 2.33. The Bertz CT molecular complexity index is 1490. The fourth-order valence-corrected chi connectivity index (χ4v) is 5.76. The van der Waals surface area contributed by atoms with E-state index in [1.54, 1.807) is 25.1 Å². The number of aromatic nitrogens is 2. The van der Waals surface area contributed by atoms with E-state index in [2.05, 4.69) is 20.2 Å². The van der Waals surface area contributed by atoms with Gasteiger partial charge in [-0.05, 0) is 49.6 Å². The topological polar surface area (TPSA) is 93.2 Å². The molecule has 4 aromatic rings. The van der Waals surface area contributed by atoms with Crippen LogP contribution in [0.3, 0.4) is 0 Å². The third kappa shape index (κ3) is 5.16. The van der Waals surface area contributed by atoms with Gasteiger partial charge in [-0.2, -0.15) is 0 Å². The van der Waals surface area contributed by atoms with Crippen LogP contribution in [-0.4, -0.2) is 37.9 Å². The van der Waals surface area contributed by atoms with Gasteiger partial charge in [0.05, 0.1) is 11.0 Å². The van der Waals surface area contributed by atoms with Crippen molar-refractivity contribution in [2.24, 2.45) is 0 Å². The lowest BCUT2D eigenvalue weighted by Crippen LogP contribution is -2.32. The van der Waals surface area contributed by atoms with Crippen molar-refractivity contribution in [1.29, 1.82) is 0 Å². The van der Waals surface area contributed by atoms with Crippen LogP contribution in [0.2, 0.25) is 5.02 Å². The number of nitrogens with zero attached hydrogens (tertiary/aromatic N) is 2. The van der Waals surface area contributed by atoms with Gasteiger partial charge >= 0.3 is 0 Å². The summed E-state index contributed by atoms with van der Waals surface area (Å²) in [7, 11) is -3.72. The zero-order chi connectivity index (χ0) is 24.4. The molecule has 2 N–H and O–H groups in total. The molecule has 0 amide bonds. The van der Waals surface area contributed by atoms with Crippen LogP contribution in [-0.2, 0) is 14.8 Å². The van der Waals surface area contributed by atoms with Crippen molar-refractivity contribution in [2.45, 2.75) is 30.8 Å². The van der Waals surface area contributed by atoms with Gasteiger partial charge in [-0.25, -0.2) is 13.1 Å². The molecule has 0 radical (unpaired) electrons. The second-order valence-corrected chi connectivity index (χ2v) is 10.7. The molecule has 1 aliphatic heterocycles. The summed E-state index contributed by atoms with van der Waals surface area (Å²) < 4.78 is 34.5. The van der Waals surface area contributed by atoms with Crippen LogP contribution in [0, 0.1) is 6.92 Å². The van der Waals surface area contributed by atoms with Crippen molar-refractivity contribution in [2.75, 3.05) is 18.5 Å². The predicted octanol–water partition coefficient (Wildman–Crippen LogP) is 5.46. The molecule has 35 heavy (non-hydrogen) atoms.